The summed E-state index contributed by atoms with van der Waals surface area (Å²) in [5, 5.41) is 12.9. The van der Waals surface area contributed by atoms with E-state index in [2.05, 4.69) is 10.3 Å². The molecular weight excluding hydrogens is 234 g/mol. The summed E-state index contributed by atoms with van der Waals surface area (Å²) < 4.78 is 5.17. The number of amides is 1. The third kappa shape index (κ3) is 3.18. The lowest BCUT2D eigenvalue weighted by molar-refractivity contribution is -0.0605. The first-order valence-electron chi connectivity index (χ1n) is 5.89. The molecule has 1 aliphatic heterocycles. The summed E-state index contributed by atoms with van der Waals surface area (Å²) in [5.74, 6) is -0.310. The van der Waals surface area contributed by atoms with Crippen LogP contribution in [-0.4, -0.2) is 41.4 Å². The van der Waals surface area contributed by atoms with Crippen molar-refractivity contribution in [2.45, 2.75) is 18.4 Å². The number of carbonyl (C=O) groups is 1. The molecule has 0 aliphatic carbocycles. The van der Waals surface area contributed by atoms with Crippen molar-refractivity contribution in [3.05, 3.63) is 24.0 Å². The van der Waals surface area contributed by atoms with Gasteiger partial charge in [-0.25, -0.2) is 4.98 Å². The fraction of sp³-hybridized carbons (Fsp3) is 0.500. The maximum atomic E-state index is 11.8. The predicted octanol–water partition coefficient (Wildman–Crippen LogP) is -0.0649. The summed E-state index contributed by atoms with van der Waals surface area (Å²) in [5.41, 5.74) is 5.42. The first-order valence-corrected chi connectivity index (χ1v) is 5.89. The molecule has 1 amide bonds. The monoisotopic (exact) mass is 251 g/mol. The Morgan fingerprint density at radius 1 is 1.50 bits per heavy atom. The highest BCUT2D eigenvalue weighted by Gasteiger charge is 2.30. The first kappa shape index (κ1) is 12.8. The predicted molar refractivity (Wildman–Crippen MR) is 66.0 cm³/mol. The zero-order chi connectivity index (χ0) is 13.0. The van der Waals surface area contributed by atoms with Crippen LogP contribution in [-0.2, 0) is 4.74 Å². The molecule has 0 spiro atoms. The van der Waals surface area contributed by atoms with Gasteiger partial charge in [0, 0.05) is 32.6 Å². The Labute approximate surface area is 105 Å². The maximum absolute atomic E-state index is 11.8. The second kappa shape index (κ2) is 5.32. The summed E-state index contributed by atoms with van der Waals surface area (Å²) >= 11 is 0. The molecule has 6 heteroatoms. The van der Waals surface area contributed by atoms with E-state index >= 15 is 0 Å². The Kier molecular flexibility index (Phi) is 3.78. The fourth-order valence-corrected chi connectivity index (χ4v) is 1.80. The fourth-order valence-electron chi connectivity index (χ4n) is 1.80. The van der Waals surface area contributed by atoms with Crippen molar-refractivity contribution in [2.75, 3.05) is 25.5 Å². The van der Waals surface area contributed by atoms with E-state index in [1.807, 2.05) is 0 Å². The van der Waals surface area contributed by atoms with Crippen LogP contribution in [0.5, 0.6) is 0 Å². The van der Waals surface area contributed by atoms with Crippen LogP contribution in [0.4, 0.5) is 5.69 Å². The number of hydrogen-bond acceptors (Lipinski definition) is 5. The highest BCUT2D eigenvalue weighted by atomic mass is 16.5. The van der Waals surface area contributed by atoms with Gasteiger partial charge in [0.05, 0.1) is 17.5 Å². The topological polar surface area (TPSA) is 97.5 Å². The number of pyridine rings is 1. The molecule has 1 saturated heterocycles. The molecule has 1 aromatic heterocycles. The number of anilines is 1. The zero-order valence-corrected chi connectivity index (χ0v) is 10.1. The van der Waals surface area contributed by atoms with Crippen molar-refractivity contribution >= 4 is 11.6 Å². The number of rotatable bonds is 3. The normalized spacial score (nSPS) is 18.3. The van der Waals surface area contributed by atoms with Crippen LogP contribution in [0.2, 0.25) is 0 Å². The van der Waals surface area contributed by atoms with Crippen LogP contribution < -0.4 is 11.1 Å². The average Bonchev–Trinajstić information content (AvgIpc) is 2.38. The van der Waals surface area contributed by atoms with Gasteiger partial charge in [-0.3, -0.25) is 4.79 Å². The third-order valence-electron chi connectivity index (χ3n) is 3.02. The van der Waals surface area contributed by atoms with E-state index in [-0.39, 0.29) is 12.5 Å². The number of nitrogens with two attached hydrogens (primary N) is 1. The zero-order valence-electron chi connectivity index (χ0n) is 10.1. The average molecular weight is 251 g/mol. The van der Waals surface area contributed by atoms with Crippen molar-refractivity contribution in [1.82, 2.24) is 10.3 Å². The van der Waals surface area contributed by atoms with Crippen molar-refractivity contribution in [2.24, 2.45) is 0 Å². The van der Waals surface area contributed by atoms with E-state index in [9.17, 15) is 9.90 Å². The molecular formula is C12H17N3O3. The number of aliphatic hydroxyl groups is 1. The summed E-state index contributed by atoms with van der Waals surface area (Å²) in [7, 11) is 0. The number of ether oxygens (including phenoxy) is 1. The van der Waals surface area contributed by atoms with Gasteiger partial charge in [-0.15, -0.1) is 0 Å². The van der Waals surface area contributed by atoms with E-state index in [1.165, 1.54) is 6.20 Å². The minimum absolute atomic E-state index is 0.210. The molecule has 6 nitrogen and oxygen atoms in total. The van der Waals surface area contributed by atoms with Crippen LogP contribution in [0, 0.1) is 0 Å². The SMILES string of the molecule is Nc1ccc(C(=O)NCC2(O)CCOCC2)nc1. The number of nitrogen functional groups attached to an aromatic ring is 1. The van der Waals surface area contributed by atoms with Crippen molar-refractivity contribution in [1.29, 1.82) is 0 Å². The number of nitrogens with zero attached hydrogens (tertiary/aromatic N) is 1. The van der Waals surface area contributed by atoms with Gasteiger partial charge in [-0.2, -0.15) is 0 Å². The number of nitrogens with one attached hydrogen (secondary N) is 1. The molecule has 0 unspecified atom stereocenters. The molecule has 1 aliphatic rings. The Hall–Kier alpha value is -1.66. The van der Waals surface area contributed by atoms with Crippen LogP contribution in [0.15, 0.2) is 18.3 Å². The summed E-state index contributed by atoms with van der Waals surface area (Å²) in [6.07, 6.45) is 2.49. The lowest BCUT2D eigenvalue weighted by Crippen LogP contribution is -2.46. The molecule has 2 heterocycles. The molecule has 2 rings (SSSR count). The minimum Gasteiger partial charge on any atom is -0.397 e. The van der Waals surface area contributed by atoms with E-state index in [4.69, 9.17) is 10.5 Å². The highest BCUT2D eigenvalue weighted by Crippen LogP contribution is 2.19. The molecule has 4 N–H and O–H groups in total. The Balaban J connectivity index is 1.89. The van der Waals surface area contributed by atoms with Gasteiger partial charge in [0.15, 0.2) is 0 Å². The molecule has 0 atom stereocenters. The van der Waals surface area contributed by atoms with Gasteiger partial charge in [0.2, 0.25) is 0 Å². The lowest BCUT2D eigenvalue weighted by Gasteiger charge is -2.31. The van der Waals surface area contributed by atoms with Crippen molar-refractivity contribution < 1.29 is 14.6 Å². The Bertz CT molecular complexity index is 413. The van der Waals surface area contributed by atoms with Crippen molar-refractivity contribution in [3.63, 3.8) is 0 Å². The standard InChI is InChI=1S/C12H17N3O3/c13-9-1-2-10(14-7-9)11(16)15-8-12(17)3-5-18-6-4-12/h1-2,7,17H,3-6,8,13H2,(H,15,16). The number of hydrogen-bond donors (Lipinski definition) is 3. The van der Waals surface area contributed by atoms with Crippen LogP contribution in [0.25, 0.3) is 0 Å². The molecule has 1 fully saturated rings. The number of carbonyl (C=O) groups excluding carboxylic acids is 1. The maximum Gasteiger partial charge on any atom is 0.269 e. The van der Waals surface area contributed by atoms with Crippen LogP contribution >= 0.6 is 0 Å². The third-order valence-corrected chi connectivity index (χ3v) is 3.02. The van der Waals surface area contributed by atoms with E-state index < -0.39 is 5.60 Å². The van der Waals surface area contributed by atoms with Crippen LogP contribution in [0.1, 0.15) is 23.3 Å². The smallest absolute Gasteiger partial charge is 0.269 e. The van der Waals surface area contributed by atoms with Gasteiger partial charge in [-0.05, 0) is 12.1 Å². The molecule has 0 aromatic carbocycles. The van der Waals surface area contributed by atoms with E-state index in [0.29, 0.717) is 37.4 Å². The second-order valence-corrected chi connectivity index (χ2v) is 4.50. The second-order valence-electron chi connectivity index (χ2n) is 4.50. The summed E-state index contributed by atoms with van der Waals surface area (Å²) in [4.78, 5) is 15.7. The van der Waals surface area contributed by atoms with Gasteiger partial charge in [-0.1, -0.05) is 0 Å². The molecule has 18 heavy (non-hydrogen) atoms. The van der Waals surface area contributed by atoms with Gasteiger partial charge < -0.3 is 20.9 Å². The molecule has 1 aromatic rings. The van der Waals surface area contributed by atoms with Gasteiger partial charge >= 0.3 is 0 Å². The Morgan fingerprint density at radius 2 is 2.22 bits per heavy atom. The highest BCUT2D eigenvalue weighted by molar-refractivity contribution is 5.92. The number of aromatic nitrogens is 1. The van der Waals surface area contributed by atoms with Crippen LogP contribution in [0.3, 0.4) is 0 Å². The van der Waals surface area contributed by atoms with Crippen molar-refractivity contribution in [3.8, 4) is 0 Å². The quantitative estimate of drug-likeness (QED) is 0.699. The molecule has 0 radical (unpaired) electrons. The van der Waals surface area contributed by atoms with E-state index in [1.54, 1.807) is 12.1 Å². The lowest BCUT2D eigenvalue weighted by atomic mass is 9.94. The van der Waals surface area contributed by atoms with Gasteiger partial charge in [0.1, 0.15) is 5.69 Å². The van der Waals surface area contributed by atoms with Gasteiger partial charge in [0.25, 0.3) is 5.91 Å². The molecule has 0 saturated carbocycles. The Morgan fingerprint density at radius 3 is 2.83 bits per heavy atom. The summed E-state index contributed by atoms with van der Waals surface area (Å²) in [6, 6.07) is 3.17. The molecule has 98 valence electrons. The largest absolute Gasteiger partial charge is 0.397 e. The van der Waals surface area contributed by atoms with E-state index in [0.717, 1.165) is 0 Å². The first-order chi connectivity index (χ1) is 8.59. The molecule has 0 bridgehead atoms. The summed E-state index contributed by atoms with van der Waals surface area (Å²) in [6.45, 7) is 1.25. The minimum atomic E-state index is -0.873.